The van der Waals surface area contributed by atoms with Crippen molar-refractivity contribution in [1.82, 2.24) is 0 Å². The number of hydrogen-bond acceptors (Lipinski definition) is 1. The molecule has 0 heterocycles. The van der Waals surface area contributed by atoms with Crippen LogP contribution in [0.2, 0.25) is 0 Å². The first-order valence-electron chi connectivity index (χ1n) is 12.2. The third kappa shape index (κ3) is 5.37. The van der Waals surface area contributed by atoms with Crippen molar-refractivity contribution < 1.29 is 4.57 Å². The Hall–Kier alpha value is -3.28. The highest BCUT2D eigenvalue weighted by Gasteiger charge is 2.25. The summed E-state index contributed by atoms with van der Waals surface area (Å²) in [5, 5.41) is 3.85. The highest BCUT2D eigenvalue weighted by atomic mass is 31.1. The molecule has 4 aromatic carbocycles. The molecule has 0 amide bonds. The highest BCUT2D eigenvalue weighted by molar-refractivity contribution is 7.61. The minimum atomic E-state index is -1.74. The van der Waals surface area contributed by atoms with Gasteiger partial charge in [0.1, 0.15) is 0 Å². The predicted molar refractivity (Wildman–Crippen MR) is 152 cm³/mol. The Kier molecular flexibility index (Phi) is 7.20. The van der Waals surface area contributed by atoms with E-state index in [2.05, 4.69) is 91.0 Å². The van der Waals surface area contributed by atoms with Gasteiger partial charge in [0, 0.05) is 5.22 Å². The van der Waals surface area contributed by atoms with Crippen LogP contribution in [0.1, 0.15) is 50.1 Å². The molecule has 0 aliphatic rings. The third-order valence-electron chi connectivity index (χ3n) is 6.67. The zero-order valence-corrected chi connectivity index (χ0v) is 22.8. The summed E-state index contributed by atoms with van der Waals surface area (Å²) in [6.07, 6.45) is 4.50. The Morgan fingerprint density at radius 1 is 0.571 bits per heavy atom. The van der Waals surface area contributed by atoms with Gasteiger partial charge < -0.3 is 0 Å². The number of rotatable bonds is 4. The van der Waals surface area contributed by atoms with Crippen molar-refractivity contribution in [3.8, 4) is 0 Å². The molecule has 1 nitrogen and oxygen atoms in total. The first-order valence-corrected chi connectivity index (χ1v) is 13.4. The molecule has 176 valence electrons. The van der Waals surface area contributed by atoms with E-state index in [4.69, 9.17) is 0 Å². The van der Waals surface area contributed by atoms with Crippen molar-refractivity contribution in [3.05, 3.63) is 127 Å². The van der Waals surface area contributed by atoms with E-state index in [1.165, 1.54) is 50.1 Å². The molecule has 0 aromatic heterocycles. The molecule has 1 unspecified atom stereocenters. The fourth-order valence-corrected chi connectivity index (χ4v) is 6.32. The largest absolute Gasteiger partial charge is 0.415 e. The van der Waals surface area contributed by atoms with E-state index in [1.807, 2.05) is 36.4 Å². The standard InChI is InChI=1S/C33H34OP/c1-21-11-13-29(14-12-21)35(34)33-10-8-9-28(19-30-24(4)15-22(2)16-25(30)5)32(33)20-31-26(6)17-23(3)18-27(31)7/h8-20H,1-7H3/q+1. The van der Waals surface area contributed by atoms with Crippen LogP contribution < -0.4 is 21.0 Å². The van der Waals surface area contributed by atoms with E-state index in [0.717, 1.165) is 21.0 Å². The van der Waals surface area contributed by atoms with Crippen LogP contribution in [0.4, 0.5) is 0 Å². The molecular weight excluding hydrogens is 443 g/mol. The van der Waals surface area contributed by atoms with Gasteiger partial charge in [-0.15, -0.1) is 0 Å². The normalized spacial score (nSPS) is 12.8. The van der Waals surface area contributed by atoms with Crippen molar-refractivity contribution in [1.29, 1.82) is 0 Å². The van der Waals surface area contributed by atoms with Crippen LogP contribution in [0.25, 0.3) is 12.2 Å². The SMILES string of the molecule is Cc1ccc([P+](=O)c2cccc(=Cc3c(C)cc(C)cc3C)c2=Cc2c(C)cc(C)cc2C)cc1. The van der Waals surface area contributed by atoms with Gasteiger partial charge in [-0.1, -0.05) is 69.8 Å². The number of benzene rings is 4. The third-order valence-corrected chi connectivity index (χ3v) is 8.26. The molecule has 0 aliphatic heterocycles. The molecule has 4 aromatic rings. The van der Waals surface area contributed by atoms with Crippen molar-refractivity contribution in [2.75, 3.05) is 0 Å². The lowest BCUT2D eigenvalue weighted by atomic mass is 9.97. The molecule has 0 radical (unpaired) electrons. The van der Waals surface area contributed by atoms with Crippen LogP contribution in [0.15, 0.2) is 66.7 Å². The zero-order valence-electron chi connectivity index (χ0n) is 21.9. The molecule has 0 bridgehead atoms. The van der Waals surface area contributed by atoms with Gasteiger partial charge >= 0.3 is 7.80 Å². The van der Waals surface area contributed by atoms with E-state index in [9.17, 15) is 4.57 Å². The lowest BCUT2D eigenvalue weighted by molar-refractivity contribution is 0.598. The summed E-state index contributed by atoms with van der Waals surface area (Å²) in [5.41, 5.74) is 11.1. The van der Waals surface area contributed by atoms with Crippen LogP contribution in [0.5, 0.6) is 0 Å². The van der Waals surface area contributed by atoms with E-state index in [-0.39, 0.29) is 0 Å². The fraction of sp³-hybridized carbons (Fsp3) is 0.212. The van der Waals surface area contributed by atoms with Crippen LogP contribution in [0, 0.1) is 48.5 Å². The first kappa shape index (κ1) is 24.8. The molecule has 0 saturated carbocycles. The van der Waals surface area contributed by atoms with Crippen LogP contribution in [0.3, 0.4) is 0 Å². The van der Waals surface area contributed by atoms with Crippen molar-refractivity contribution in [3.63, 3.8) is 0 Å². The zero-order chi connectivity index (χ0) is 25.3. The Bertz CT molecular complexity index is 1510. The Labute approximate surface area is 210 Å². The monoisotopic (exact) mass is 477 g/mol. The smallest absolute Gasteiger partial charge is 0.0612 e. The summed E-state index contributed by atoms with van der Waals surface area (Å²) in [7, 11) is -1.74. The topological polar surface area (TPSA) is 17.1 Å². The van der Waals surface area contributed by atoms with Crippen LogP contribution >= 0.6 is 7.80 Å². The van der Waals surface area contributed by atoms with E-state index in [0.29, 0.717) is 0 Å². The second-order valence-corrected chi connectivity index (χ2v) is 11.4. The Morgan fingerprint density at radius 3 is 1.57 bits per heavy atom. The van der Waals surface area contributed by atoms with Gasteiger partial charge in [-0.3, -0.25) is 0 Å². The highest BCUT2D eigenvalue weighted by Crippen LogP contribution is 2.20. The van der Waals surface area contributed by atoms with Crippen molar-refractivity contribution in [2.45, 2.75) is 48.5 Å². The van der Waals surface area contributed by atoms with E-state index >= 15 is 0 Å². The van der Waals surface area contributed by atoms with Crippen molar-refractivity contribution in [2.24, 2.45) is 0 Å². The summed E-state index contributed by atoms with van der Waals surface area (Å²) in [6, 6.07) is 23.2. The van der Waals surface area contributed by atoms with Gasteiger partial charge in [0.15, 0.2) is 5.30 Å². The van der Waals surface area contributed by atoms with Gasteiger partial charge in [0.05, 0.1) is 0 Å². The maximum atomic E-state index is 13.9. The molecule has 0 saturated heterocycles. The summed E-state index contributed by atoms with van der Waals surface area (Å²) >= 11 is 0. The fourth-order valence-electron chi connectivity index (χ4n) is 4.99. The van der Waals surface area contributed by atoms with E-state index < -0.39 is 7.80 Å². The molecule has 0 fully saturated rings. The average Bonchev–Trinajstić information content (AvgIpc) is 2.79. The molecule has 0 aliphatic carbocycles. The Morgan fingerprint density at radius 2 is 1.06 bits per heavy atom. The van der Waals surface area contributed by atoms with E-state index in [1.54, 1.807) is 0 Å². The molecular formula is C33H34OP+. The minimum Gasteiger partial charge on any atom is -0.0612 e. The van der Waals surface area contributed by atoms with Gasteiger partial charge in [0.2, 0.25) is 5.30 Å². The average molecular weight is 478 g/mol. The van der Waals surface area contributed by atoms with Crippen molar-refractivity contribution >= 4 is 30.6 Å². The molecule has 0 spiro atoms. The number of aryl methyl sites for hydroxylation is 7. The lowest BCUT2D eigenvalue weighted by Crippen LogP contribution is -2.37. The van der Waals surface area contributed by atoms with Gasteiger partial charge in [-0.25, -0.2) is 0 Å². The van der Waals surface area contributed by atoms with Gasteiger partial charge in [0.25, 0.3) is 0 Å². The number of hydrogen-bond donors (Lipinski definition) is 0. The quantitative estimate of drug-likeness (QED) is 0.316. The maximum absolute atomic E-state index is 13.9. The first-order chi connectivity index (χ1) is 16.6. The molecule has 1 atom stereocenters. The Balaban J connectivity index is 2.07. The van der Waals surface area contributed by atoms with Crippen LogP contribution in [-0.4, -0.2) is 0 Å². The lowest BCUT2D eigenvalue weighted by Gasteiger charge is -2.09. The second kappa shape index (κ2) is 10.1. The molecule has 4 rings (SSSR count). The van der Waals surface area contributed by atoms with Gasteiger partial charge in [-0.05, 0) is 117 Å². The maximum Gasteiger partial charge on any atom is 0.415 e. The minimum absolute atomic E-state index is 0.859. The molecule has 2 heteroatoms. The summed E-state index contributed by atoms with van der Waals surface area (Å²) in [4.78, 5) is 0. The molecule has 0 N–H and O–H groups in total. The summed E-state index contributed by atoms with van der Waals surface area (Å²) in [6.45, 7) is 15.0. The molecule has 35 heavy (non-hydrogen) atoms. The van der Waals surface area contributed by atoms with Crippen LogP contribution in [-0.2, 0) is 4.57 Å². The summed E-state index contributed by atoms with van der Waals surface area (Å²) < 4.78 is 13.9. The predicted octanol–water partition coefficient (Wildman–Crippen LogP) is 6.28. The second-order valence-electron chi connectivity index (χ2n) is 9.82. The van der Waals surface area contributed by atoms with Gasteiger partial charge in [-0.2, -0.15) is 0 Å². The summed E-state index contributed by atoms with van der Waals surface area (Å²) in [5.74, 6) is 0.